The van der Waals surface area contributed by atoms with Crippen molar-refractivity contribution in [2.24, 2.45) is 0 Å². The lowest BCUT2D eigenvalue weighted by Gasteiger charge is -2.13. The van der Waals surface area contributed by atoms with E-state index in [9.17, 15) is 4.39 Å². The number of furan rings is 1. The summed E-state index contributed by atoms with van der Waals surface area (Å²) in [6.07, 6.45) is 0. The van der Waals surface area contributed by atoms with Gasteiger partial charge in [0.15, 0.2) is 0 Å². The molecule has 0 aliphatic heterocycles. The van der Waals surface area contributed by atoms with E-state index in [4.69, 9.17) is 9.15 Å². The van der Waals surface area contributed by atoms with Crippen LogP contribution in [-0.4, -0.2) is 14.2 Å². The van der Waals surface area contributed by atoms with Crippen molar-refractivity contribution in [1.29, 1.82) is 0 Å². The highest BCUT2D eigenvalue weighted by Crippen LogP contribution is 2.36. The van der Waals surface area contributed by atoms with Gasteiger partial charge in [0, 0.05) is 5.39 Å². The number of methoxy groups -OCH3 is 1. The molecular weight excluding hydrogens is 277 g/mol. The third-order valence-corrected chi connectivity index (χ3v) is 4.17. The molecule has 0 aliphatic rings. The van der Waals surface area contributed by atoms with Crippen LogP contribution in [0.5, 0.6) is 5.75 Å². The van der Waals surface area contributed by atoms with Crippen LogP contribution in [0.4, 0.5) is 4.39 Å². The van der Waals surface area contributed by atoms with Crippen molar-refractivity contribution in [2.75, 3.05) is 14.2 Å². The zero-order chi connectivity index (χ0) is 14.1. The molecule has 1 aromatic carbocycles. The number of fused-ring (bicyclic) bond motifs is 1. The maximum atomic E-state index is 13.2. The van der Waals surface area contributed by atoms with Crippen molar-refractivity contribution in [3.63, 3.8) is 0 Å². The third-order valence-electron chi connectivity index (χ3n) is 3.21. The number of nitrogens with one attached hydrogen (secondary N) is 1. The maximum absolute atomic E-state index is 13.2. The highest BCUT2D eigenvalue weighted by atomic mass is 32.1. The standard InChI is InChI=1S/C15H14FNO2S/c1-17-14(15-12(18-2)5-6-20-15)13-8-9-7-10(16)3-4-11(9)19-13/h3-8,14,17H,1-2H3. The van der Waals surface area contributed by atoms with Crippen LogP contribution in [-0.2, 0) is 0 Å². The van der Waals surface area contributed by atoms with Gasteiger partial charge in [-0.3, -0.25) is 0 Å². The summed E-state index contributed by atoms with van der Waals surface area (Å²) in [4.78, 5) is 1.04. The molecule has 0 amide bonds. The summed E-state index contributed by atoms with van der Waals surface area (Å²) in [5, 5.41) is 5.95. The van der Waals surface area contributed by atoms with Crippen molar-refractivity contribution in [1.82, 2.24) is 5.32 Å². The van der Waals surface area contributed by atoms with Crippen LogP contribution in [0.2, 0.25) is 0 Å². The fraction of sp³-hybridized carbons (Fsp3) is 0.200. The molecule has 0 aliphatic carbocycles. The highest BCUT2D eigenvalue weighted by Gasteiger charge is 2.21. The minimum absolute atomic E-state index is 0.111. The predicted molar refractivity (Wildman–Crippen MR) is 77.9 cm³/mol. The van der Waals surface area contributed by atoms with Gasteiger partial charge in [0.2, 0.25) is 0 Å². The van der Waals surface area contributed by atoms with Crippen LogP contribution in [0.1, 0.15) is 16.7 Å². The van der Waals surface area contributed by atoms with Crippen LogP contribution < -0.4 is 10.1 Å². The average Bonchev–Trinajstić information content (AvgIpc) is 3.05. The summed E-state index contributed by atoms with van der Waals surface area (Å²) in [5.74, 6) is 1.30. The van der Waals surface area contributed by atoms with Crippen molar-refractivity contribution in [3.8, 4) is 5.75 Å². The second kappa shape index (κ2) is 5.26. The molecule has 3 rings (SSSR count). The van der Waals surface area contributed by atoms with Gasteiger partial charge in [0.25, 0.3) is 0 Å². The highest BCUT2D eigenvalue weighted by molar-refractivity contribution is 7.10. The van der Waals surface area contributed by atoms with Gasteiger partial charge >= 0.3 is 0 Å². The molecular formula is C15H14FNO2S. The van der Waals surface area contributed by atoms with Gasteiger partial charge in [-0.1, -0.05) is 0 Å². The van der Waals surface area contributed by atoms with Crippen molar-refractivity contribution < 1.29 is 13.5 Å². The van der Waals surface area contributed by atoms with E-state index in [-0.39, 0.29) is 11.9 Å². The molecule has 20 heavy (non-hydrogen) atoms. The van der Waals surface area contributed by atoms with Crippen molar-refractivity contribution in [3.05, 3.63) is 52.2 Å². The molecule has 104 valence electrons. The lowest BCUT2D eigenvalue weighted by Crippen LogP contribution is -2.16. The molecule has 0 spiro atoms. The third kappa shape index (κ3) is 2.19. The van der Waals surface area contributed by atoms with Crippen molar-refractivity contribution in [2.45, 2.75) is 6.04 Å². The van der Waals surface area contributed by atoms with Gasteiger partial charge in [0.05, 0.1) is 12.0 Å². The second-order valence-corrected chi connectivity index (χ2v) is 5.35. The first-order valence-electron chi connectivity index (χ1n) is 6.20. The molecule has 1 unspecified atom stereocenters. The molecule has 5 heteroatoms. The van der Waals surface area contributed by atoms with Crippen molar-refractivity contribution >= 4 is 22.3 Å². The number of rotatable bonds is 4. The number of thiophene rings is 1. The van der Waals surface area contributed by atoms with Crippen LogP contribution in [0.25, 0.3) is 11.0 Å². The number of ether oxygens (including phenoxy) is 1. The molecule has 0 saturated carbocycles. The molecule has 1 N–H and O–H groups in total. The predicted octanol–water partition coefficient (Wildman–Crippen LogP) is 3.95. The molecule has 1 atom stereocenters. The van der Waals surface area contributed by atoms with E-state index < -0.39 is 0 Å². The monoisotopic (exact) mass is 291 g/mol. The van der Waals surface area contributed by atoms with Crippen LogP contribution in [0.3, 0.4) is 0 Å². The zero-order valence-corrected chi connectivity index (χ0v) is 12.0. The number of hydrogen-bond acceptors (Lipinski definition) is 4. The molecule has 3 nitrogen and oxygen atoms in total. The van der Waals surface area contributed by atoms with Crippen LogP contribution >= 0.6 is 11.3 Å². The zero-order valence-electron chi connectivity index (χ0n) is 11.1. The fourth-order valence-corrected chi connectivity index (χ4v) is 3.24. The summed E-state index contributed by atoms with van der Waals surface area (Å²) in [5.41, 5.74) is 0.678. The normalized spacial score (nSPS) is 12.8. The lowest BCUT2D eigenvalue weighted by atomic mass is 10.1. The maximum Gasteiger partial charge on any atom is 0.134 e. The summed E-state index contributed by atoms with van der Waals surface area (Å²) in [7, 11) is 3.50. The molecule has 0 saturated heterocycles. The minimum Gasteiger partial charge on any atom is -0.496 e. The van der Waals surface area contributed by atoms with Crippen LogP contribution in [0.15, 0.2) is 40.1 Å². The van der Waals surface area contributed by atoms with Gasteiger partial charge in [0.1, 0.15) is 29.0 Å². The van der Waals surface area contributed by atoms with E-state index in [1.165, 1.54) is 12.1 Å². The Labute approximate surface area is 120 Å². The van der Waals surface area contributed by atoms with Crippen LogP contribution in [0, 0.1) is 5.82 Å². The Morgan fingerprint density at radius 2 is 2.15 bits per heavy atom. The molecule has 3 aromatic rings. The topological polar surface area (TPSA) is 34.4 Å². The number of benzene rings is 1. The smallest absolute Gasteiger partial charge is 0.134 e. The van der Waals surface area contributed by atoms with Gasteiger partial charge in [-0.15, -0.1) is 11.3 Å². The first kappa shape index (κ1) is 13.1. The van der Waals surface area contributed by atoms with E-state index in [0.717, 1.165) is 21.8 Å². The first-order chi connectivity index (χ1) is 9.72. The van der Waals surface area contributed by atoms with E-state index >= 15 is 0 Å². The summed E-state index contributed by atoms with van der Waals surface area (Å²) >= 11 is 1.59. The fourth-order valence-electron chi connectivity index (χ4n) is 2.27. The largest absolute Gasteiger partial charge is 0.496 e. The molecule has 0 fully saturated rings. The first-order valence-corrected chi connectivity index (χ1v) is 7.08. The SMILES string of the molecule is CNC(c1cc2cc(F)ccc2o1)c1sccc1OC. The van der Waals surface area contributed by atoms with E-state index in [2.05, 4.69) is 5.32 Å². The Kier molecular flexibility index (Phi) is 3.46. The Hall–Kier alpha value is -1.85. The Balaban J connectivity index is 2.07. The Bertz CT molecular complexity index is 734. The lowest BCUT2D eigenvalue weighted by molar-refractivity contribution is 0.403. The summed E-state index contributed by atoms with van der Waals surface area (Å²) < 4.78 is 24.4. The Morgan fingerprint density at radius 1 is 1.30 bits per heavy atom. The number of hydrogen-bond donors (Lipinski definition) is 1. The van der Waals surface area contributed by atoms with Gasteiger partial charge < -0.3 is 14.5 Å². The van der Waals surface area contributed by atoms with Gasteiger partial charge in [-0.05, 0) is 42.8 Å². The Morgan fingerprint density at radius 3 is 2.90 bits per heavy atom. The minimum atomic E-state index is -0.264. The number of halogens is 1. The summed E-state index contributed by atoms with van der Waals surface area (Å²) in [6, 6.07) is 8.19. The molecule has 2 aromatic heterocycles. The molecule has 2 heterocycles. The van der Waals surface area contributed by atoms with E-state index in [1.54, 1.807) is 24.5 Å². The second-order valence-electron chi connectivity index (χ2n) is 4.41. The average molecular weight is 291 g/mol. The molecule has 0 radical (unpaired) electrons. The quantitative estimate of drug-likeness (QED) is 0.790. The molecule has 0 bridgehead atoms. The van der Waals surface area contributed by atoms with E-state index in [1.807, 2.05) is 24.6 Å². The van der Waals surface area contributed by atoms with Gasteiger partial charge in [-0.25, -0.2) is 4.39 Å². The van der Waals surface area contributed by atoms with E-state index in [0.29, 0.717) is 5.58 Å². The summed E-state index contributed by atoms with van der Waals surface area (Å²) in [6.45, 7) is 0. The van der Waals surface area contributed by atoms with Gasteiger partial charge in [-0.2, -0.15) is 0 Å².